The van der Waals surface area contributed by atoms with Gasteiger partial charge in [-0.3, -0.25) is 14.2 Å². The lowest BCUT2D eigenvalue weighted by molar-refractivity contribution is -0.129. The summed E-state index contributed by atoms with van der Waals surface area (Å²) in [5.41, 5.74) is 9.62. The van der Waals surface area contributed by atoms with Gasteiger partial charge in [-0.1, -0.05) is 62.4 Å². The fourth-order valence-electron chi connectivity index (χ4n) is 11.8. The Labute approximate surface area is 454 Å². The van der Waals surface area contributed by atoms with Gasteiger partial charge in [-0.05, 0) is 143 Å². The van der Waals surface area contributed by atoms with Crippen molar-refractivity contribution in [3.63, 3.8) is 0 Å². The Morgan fingerprint density at radius 3 is 2.47 bits per heavy atom. The van der Waals surface area contributed by atoms with Crippen LogP contribution in [0.2, 0.25) is 0 Å². The molecule has 4 saturated carbocycles. The van der Waals surface area contributed by atoms with Crippen molar-refractivity contribution in [1.29, 1.82) is 0 Å². The number of alkyl halides is 1. The molecule has 1 aliphatic heterocycles. The van der Waals surface area contributed by atoms with E-state index in [1.54, 1.807) is 24.3 Å². The van der Waals surface area contributed by atoms with Crippen molar-refractivity contribution in [3.8, 4) is 0 Å². The van der Waals surface area contributed by atoms with E-state index >= 15 is 4.39 Å². The molecule has 2 aromatic rings. The standard InChI is InChI=1S/C57H78FN7O13/c1-32(11-22-43(66)36-15-16-36)41-20-21-42-35(9-7-24-56(41,42)5)14-17-37-27-40(29-44(67)33(37)2)77-53(73)64-55(3,4)46(68)28-38(10-8-25-61-51(60)71)49(70)62-39-18-12-34(13-19-39)30-75-54(74)76-31-45-48(69)57(6,58)50(78-45)65-26-23-47(59)63-52(65)72/h11-14,17-19,22-23,26,32,36,38,40-45,48,50,66-67,69H,2,7-10,15-16,20-21,24-25,27-31H2,1,3-6H3,(H,62,70)(H,64,73)(H2,59,63,72)(H3,60,61,71)/b22-11+,35-14+,37-17-/t32-,38?,40-,41?,42?,43?,44-,45?,48?,50?,56+,57?/m0/s1. The van der Waals surface area contributed by atoms with Crippen LogP contribution in [0, 0.1) is 35.0 Å². The van der Waals surface area contributed by atoms with E-state index in [1.807, 2.05) is 12.2 Å². The molecule has 2 heterocycles. The Balaban J connectivity index is 0.896. The van der Waals surface area contributed by atoms with Crippen molar-refractivity contribution in [3.05, 3.63) is 100 Å². The summed E-state index contributed by atoms with van der Waals surface area (Å²) in [5, 5.41) is 40.1. The van der Waals surface area contributed by atoms with E-state index in [4.69, 9.17) is 30.4 Å². The van der Waals surface area contributed by atoms with Gasteiger partial charge in [0, 0.05) is 43.6 Å². The van der Waals surface area contributed by atoms with Crippen molar-refractivity contribution in [2.75, 3.05) is 24.2 Å². The number of ketones is 1. The number of alkyl carbamates (subject to hydrolysis) is 1. The van der Waals surface area contributed by atoms with Gasteiger partial charge in [0.25, 0.3) is 0 Å². The van der Waals surface area contributed by atoms with Crippen molar-refractivity contribution < 1.29 is 62.6 Å². The third-order valence-corrected chi connectivity index (χ3v) is 16.6. The lowest BCUT2D eigenvalue weighted by Gasteiger charge is -2.44. The van der Waals surface area contributed by atoms with E-state index in [9.17, 15) is 44.1 Å². The zero-order chi connectivity index (χ0) is 56.7. The summed E-state index contributed by atoms with van der Waals surface area (Å²) in [6, 6.07) is 6.75. The number of hydrogen-bond donors (Lipinski definition) is 8. The van der Waals surface area contributed by atoms with E-state index in [2.05, 4.69) is 53.5 Å². The number of urea groups is 1. The highest BCUT2D eigenvalue weighted by Crippen LogP contribution is 2.59. The molecule has 5 fully saturated rings. The maximum absolute atomic E-state index is 15.5. The minimum absolute atomic E-state index is 0.0859. The molecule has 20 nitrogen and oxygen atoms in total. The van der Waals surface area contributed by atoms with Crippen LogP contribution < -0.4 is 33.1 Å². The van der Waals surface area contributed by atoms with Crippen LogP contribution in [0.15, 0.2) is 88.9 Å². The number of halogens is 1. The second-order valence-corrected chi connectivity index (χ2v) is 22.8. The number of aliphatic hydroxyl groups is 3. The van der Waals surface area contributed by atoms with Crippen LogP contribution in [0.1, 0.15) is 123 Å². The first-order valence-corrected chi connectivity index (χ1v) is 27.1. The lowest BCUT2D eigenvalue weighted by atomic mass is 9.61. The van der Waals surface area contributed by atoms with E-state index in [1.165, 1.54) is 31.7 Å². The minimum Gasteiger partial charge on any atom is -0.446 e. The van der Waals surface area contributed by atoms with Crippen molar-refractivity contribution >= 4 is 41.5 Å². The van der Waals surface area contributed by atoms with Crippen LogP contribution in [0.25, 0.3) is 0 Å². The largest absolute Gasteiger partial charge is 0.508 e. The number of aliphatic hydroxyl groups excluding tert-OH is 3. The summed E-state index contributed by atoms with van der Waals surface area (Å²) in [6.07, 6.45) is 9.09. The second-order valence-electron chi connectivity index (χ2n) is 22.8. The average Bonchev–Trinajstić information content (AvgIpc) is 4.20. The predicted molar refractivity (Wildman–Crippen MR) is 287 cm³/mol. The van der Waals surface area contributed by atoms with E-state index in [0.717, 1.165) is 62.0 Å². The number of nitrogens with zero attached hydrogens (tertiary/aromatic N) is 2. The normalized spacial score (nSPS) is 29.3. The number of anilines is 2. The van der Waals surface area contributed by atoms with E-state index in [-0.39, 0.29) is 49.8 Å². The molecule has 21 heteroatoms. The monoisotopic (exact) mass is 1090 g/mol. The second kappa shape index (κ2) is 25.1. The third-order valence-electron chi connectivity index (χ3n) is 16.6. The summed E-state index contributed by atoms with van der Waals surface area (Å²) in [4.78, 5) is 80.9. The molecule has 8 unspecified atom stereocenters. The van der Waals surface area contributed by atoms with Crippen LogP contribution in [-0.2, 0) is 35.1 Å². The molecule has 1 aromatic heterocycles. The average molecular weight is 1090 g/mol. The molecular weight excluding hydrogens is 1010 g/mol. The number of fused-ring (bicyclic) bond motifs is 1. The predicted octanol–water partition coefficient (Wildman–Crippen LogP) is 6.74. The summed E-state index contributed by atoms with van der Waals surface area (Å²) in [7, 11) is 0. The molecule has 4 amide bonds. The number of benzene rings is 1. The topological polar surface area (TPSA) is 306 Å². The molecule has 78 heavy (non-hydrogen) atoms. The van der Waals surface area contributed by atoms with E-state index < -0.39 is 90.0 Å². The van der Waals surface area contributed by atoms with Gasteiger partial charge in [-0.25, -0.2) is 23.6 Å². The molecule has 5 aliphatic rings. The fraction of sp³-hybridized carbons (Fsp3) is 0.596. The van der Waals surface area contributed by atoms with Gasteiger partial charge < -0.3 is 61.7 Å². The molecule has 10 N–H and O–H groups in total. The molecule has 0 spiro atoms. The Kier molecular flexibility index (Phi) is 19.1. The first-order valence-electron chi connectivity index (χ1n) is 27.1. The summed E-state index contributed by atoms with van der Waals surface area (Å²) in [6.45, 7) is 12.2. The van der Waals surface area contributed by atoms with Crippen molar-refractivity contribution in [2.45, 2.75) is 166 Å². The Hall–Kier alpha value is -6.42. The number of Topliss-reactive ketones (excluding diaryl/α,β-unsaturated/α-hetero) is 1. The molecule has 7 rings (SSSR count). The van der Waals surface area contributed by atoms with Crippen molar-refractivity contribution in [1.82, 2.24) is 20.2 Å². The van der Waals surface area contributed by atoms with Gasteiger partial charge >= 0.3 is 24.0 Å². The fourth-order valence-corrected chi connectivity index (χ4v) is 11.8. The van der Waals surface area contributed by atoms with Crippen LogP contribution >= 0.6 is 0 Å². The number of ether oxygens (including phenoxy) is 4. The maximum atomic E-state index is 15.5. The number of carbonyl (C=O) groups is 5. The van der Waals surface area contributed by atoms with Gasteiger partial charge in [-0.2, -0.15) is 4.98 Å². The highest BCUT2D eigenvalue weighted by molar-refractivity contribution is 5.98. The number of aromatic nitrogens is 2. The van der Waals surface area contributed by atoms with Gasteiger partial charge in [0.2, 0.25) is 5.91 Å². The number of allylic oxidation sites excluding steroid dienone is 4. The van der Waals surface area contributed by atoms with Crippen LogP contribution in [-0.4, -0.2) is 110 Å². The quantitative estimate of drug-likeness (QED) is 0.0365. The van der Waals surface area contributed by atoms with E-state index in [0.29, 0.717) is 53.3 Å². The molecule has 12 atom stereocenters. The van der Waals surface area contributed by atoms with Crippen LogP contribution in [0.3, 0.4) is 0 Å². The first-order chi connectivity index (χ1) is 36.9. The summed E-state index contributed by atoms with van der Waals surface area (Å²) >= 11 is 0. The molecule has 1 saturated heterocycles. The zero-order valence-corrected chi connectivity index (χ0v) is 45.3. The van der Waals surface area contributed by atoms with Crippen molar-refractivity contribution in [2.24, 2.45) is 40.7 Å². The number of hydrogen-bond acceptors (Lipinski definition) is 15. The highest BCUT2D eigenvalue weighted by Gasteiger charge is 2.56. The van der Waals surface area contributed by atoms with Gasteiger partial charge in [0.15, 0.2) is 17.7 Å². The maximum Gasteiger partial charge on any atom is 0.508 e. The summed E-state index contributed by atoms with van der Waals surface area (Å²) < 4.78 is 38.0. The minimum atomic E-state index is -2.46. The molecule has 0 radical (unpaired) electrons. The Morgan fingerprint density at radius 2 is 1.78 bits per heavy atom. The lowest BCUT2D eigenvalue weighted by Crippen LogP contribution is -2.51. The number of nitrogens with one attached hydrogen (secondary N) is 3. The van der Waals surface area contributed by atoms with Gasteiger partial charge in [0.1, 0.15) is 37.3 Å². The van der Waals surface area contributed by atoms with Gasteiger partial charge in [-0.15, -0.1) is 0 Å². The Bertz CT molecular complexity index is 2690. The molecule has 426 valence electrons. The van der Waals surface area contributed by atoms with Crippen LogP contribution in [0.4, 0.5) is 30.3 Å². The Morgan fingerprint density at radius 1 is 1.05 bits per heavy atom. The zero-order valence-electron chi connectivity index (χ0n) is 45.3. The van der Waals surface area contributed by atoms with Gasteiger partial charge in [0.05, 0.1) is 17.7 Å². The number of rotatable bonds is 21. The SMILES string of the molecule is C=C1/C(=C\C=C2/CCC[C@@]3(C)C2CCC3[C@@H](C)/C=C/C(O)C2CC2)C[C@H](OC(=O)NC(C)(C)C(=O)CC(CCCNC(N)=O)C(=O)Nc2ccc(COC(=O)OCC3OC(n4ccc(N)nc4=O)C(C)(F)C3O)cc2)C[C@@H]1O. The number of carbonyl (C=O) groups excluding carboxylic acids is 5. The smallest absolute Gasteiger partial charge is 0.446 e. The summed E-state index contributed by atoms with van der Waals surface area (Å²) in [5.74, 6) is -0.296. The number of nitrogens with two attached hydrogens (primary N) is 2. The highest BCUT2D eigenvalue weighted by atomic mass is 19.1. The molecule has 0 bridgehead atoms. The number of amides is 4. The first kappa shape index (κ1) is 59.2. The third kappa shape index (κ3) is 14.6. The molecule has 4 aliphatic carbocycles. The van der Waals surface area contributed by atoms with Crippen LogP contribution in [0.5, 0.6) is 0 Å². The molecule has 1 aromatic carbocycles. The number of nitrogen functional groups attached to an aromatic ring is 1. The molecular formula is C57H78FN7O13. The number of primary amides is 1.